The third-order valence-corrected chi connectivity index (χ3v) is 9.56. The summed E-state index contributed by atoms with van der Waals surface area (Å²) in [5, 5.41) is 16.1. The summed E-state index contributed by atoms with van der Waals surface area (Å²) in [5.74, 6) is -1.14. The van der Waals surface area contributed by atoms with Crippen molar-refractivity contribution in [3.8, 4) is 5.75 Å². The van der Waals surface area contributed by atoms with Crippen LogP contribution in [0.15, 0.2) is 60.8 Å². The number of aromatic hydroxyl groups is 1. The Labute approximate surface area is 266 Å². The molecule has 0 aliphatic carbocycles. The minimum atomic E-state index is -2.95. The van der Waals surface area contributed by atoms with Crippen molar-refractivity contribution >= 4 is 63.1 Å². The number of hydrogen-bond acceptors (Lipinski definition) is 8. The molecule has 44 heavy (non-hydrogen) atoms. The fourth-order valence-electron chi connectivity index (χ4n) is 5.25. The van der Waals surface area contributed by atoms with Gasteiger partial charge in [-0.15, -0.1) is 12.4 Å². The molecular formula is C30H33Cl2N5O6S. The van der Waals surface area contributed by atoms with Crippen LogP contribution >= 0.6 is 24.0 Å². The molecular weight excluding hydrogens is 629 g/mol. The highest BCUT2D eigenvalue weighted by Crippen LogP contribution is 2.30. The number of carbonyl (C=O) groups is 3. The second-order valence-electron chi connectivity index (χ2n) is 10.6. The van der Waals surface area contributed by atoms with E-state index in [0.717, 1.165) is 12.0 Å². The van der Waals surface area contributed by atoms with Crippen LogP contribution in [0.2, 0.25) is 5.02 Å². The monoisotopic (exact) mass is 661 g/mol. The van der Waals surface area contributed by atoms with Gasteiger partial charge in [-0.25, -0.2) is 13.4 Å². The van der Waals surface area contributed by atoms with Crippen LogP contribution in [0.4, 0.5) is 11.5 Å². The van der Waals surface area contributed by atoms with Crippen LogP contribution < -0.4 is 10.6 Å². The number of para-hydroxylation sites is 1. The van der Waals surface area contributed by atoms with Crippen LogP contribution in [0.5, 0.6) is 5.75 Å². The molecule has 14 heteroatoms. The van der Waals surface area contributed by atoms with E-state index in [2.05, 4.69) is 20.5 Å². The highest BCUT2D eigenvalue weighted by molar-refractivity contribution is 7.91. The number of benzene rings is 2. The highest BCUT2D eigenvalue weighted by Gasteiger charge is 2.31. The molecule has 2 aliphatic rings. The van der Waals surface area contributed by atoms with Gasteiger partial charge in [0, 0.05) is 44.5 Å². The second kappa shape index (κ2) is 14.4. The lowest BCUT2D eigenvalue weighted by Crippen LogP contribution is -2.47. The summed E-state index contributed by atoms with van der Waals surface area (Å²) in [6.45, 7) is 2.82. The summed E-state index contributed by atoms with van der Waals surface area (Å²) < 4.78 is 23.4. The van der Waals surface area contributed by atoms with Crippen LogP contribution in [0.1, 0.15) is 45.0 Å². The van der Waals surface area contributed by atoms with Gasteiger partial charge in [-0.3, -0.25) is 19.3 Å². The number of phenolic OH excluding ortho intramolecular Hbond substituents is 1. The zero-order chi connectivity index (χ0) is 30.6. The van der Waals surface area contributed by atoms with Crippen LogP contribution in [-0.4, -0.2) is 90.3 Å². The van der Waals surface area contributed by atoms with Gasteiger partial charge in [-0.1, -0.05) is 29.8 Å². The zero-order valence-electron chi connectivity index (χ0n) is 23.7. The first-order valence-corrected chi connectivity index (χ1v) is 16.2. The van der Waals surface area contributed by atoms with E-state index in [1.165, 1.54) is 30.5 Å². The number of piperidine rings is 1. The number of amides is 3. The standard InChI is InChI=1S/C30H32ClN5O6S.ClH/c31-22-10-11-26(32-19-22)33-29(39)24-3-1-5-25(37)27(24)34-28(38)21-8-6-20(7-9-21)23-4-2-12-36(30(23)40)14-13-35-15-17-43(41,42)18-16-35;/h1,3,5-11,19,23,37H,2,4,12-18H2,(H,34,38)(H,32,33,39);1H. The van der Waals surface area contributed by atoms with E-state index in [1.807, 2.05) is 4.90 Å². The lowest BCUT2D eigenvalue weighted by Gasteiger charge is -2.35. The van der Waals surface area contributed by atoms with Crippen LogP contribution in [0, 0.1) is 0 Å². The number of phenols is 1. The van der Waals surface area contributed by atoms with Gasteiger partial charge in [0.05, 0.1) is 33.7 Å². The Morgan fingerprint density at radius 2 is 1.68 bits per heavy atom. The molecule has 3 amide bonds. The largest absolute Gasteiger partial charge is 0.506 e. The molecule has 2 aliphatic heterocycles. The molecule has 3 heterocycles. The third kappa shape index (κ3) is 8.06. The maximum absolute atomic E-state index is 13.3. The molecule has 0 saturated carbocycles. The van der Waals surface area contributed by atoms with Crippen molar-refractivity contribution in [2.45, 2.75) is 18.8 Å². The van der Waals surface area contributed by atoms with Crippen molar-refractivity contribution in [2.75, 3.05) is 54.9 Å². The maximum atomic E-state index is 13.3. The number of halogens is 2. The number of rotatable bonds is 8. The Morgan fingerprint density at radius 3 is 2.36 bits per heavy atom. The zero-order valence-corrected chi connectivity index (χ0v) is 26.1. The van der Waals surface area contributed by atoms with Crippen molar-refractivity contribution in [1.82, 2.24) is 14.8 Å². The molecule has 5 rings (SSSR count). The van der Waals surface area contributed by atoms with Gasteiger partial charge < -0.3 is 20.6 Å². The highest BCUT2D eigenvalue weighted by atomic mass is 35.5. The molecule has 3 aromatic rings. The fourth-order valence-corrected chi connectivity index (χ4v) is 6.64. The Balaban J connectivity index is 0.00000442. The van der Waals surface area contributed by atoms with Crippen molar-refractivity contribution in [3.05, 3.63) is 82.5 Å². The number of nitrogens with zero attached hydrogens (tertiary/aromatic N) is 3. The number of sulfone groups is 1. The van der Waals surface area contributed by atoms with Crippen LogP contribution in [0.3, 0.4) is 0 Å². The molecule has 2 saturated heterocycles. The first-order chi connectivity index (χ1) is 20.6. The Hall–Kier alpha value is -3.71. The average Bonchev–Trinajstić information content (AvgIpc) is 2.99. The Bertz CT molecular complexity index is 1610. The van der Waals surface area contributed by atoms with Crippen molar-refractivity contribution < 1.29 is 27.9 Å². The van der Waals surface area contributed by atoms with E-state index in [9.17, 15) is 27.9 Å². The molecule has 1 unspecified atom stereocenters. The number of nitrogens with one attached hydrogen (secondary N) is 2. The van der Waals surface area contributed by atoms with Gasteiger partial charge >= 0.3 is 0 Å². The summed E-state index contributed by atoms with van der Waals surface area (Å²) in [4.78, 5) is 47.3. The average molecular weight is 663 g/mol. The van der Waals surface area contributed by atoms with Gasteiger partial charge in [-0.05, 0) is 54.8 Å². The number of hydrogen-bond donors (Lipinski definition) is 3. The van der Waals surface area contributed by atoms with Crippen molar-refractivity contribution in [3.63, 3.8) is 0 Å². The van der Waals surface area contributed by atoms with Gasteiger partial charge in [-0.2, -0.15) is 0 Å². The number of anilines is 2. The molecule has 1 atom stereocenters. The Kier molecular flexibility index (Phi) is 10.8. The Morgan fingerprint density at radius 1 is 0.955 bits per heavy atom. The van der Waals surface area contributed by atoms with Gasteiger partial charge in [0.25, 0.3) is 11.8 Å². The lowest BCUT2D eigenvalue weighted by atomic mass is 9.89. The van der Waals surface area contributed by atoms with Gasteiger partial charge in [0.15, 0.2) is 9.84 Å². The first-order valence-electron chi connectivity index (χ1n) is 14.0. The van der Waals surface area contributed by atoms with E-state index in [0.29, 0.717) is 44.2 Å². The molecule has 11 nitrogen and oxygen atoms in total. The molecule has 0 spiro atoms. The number of pyridine rings is 1. The number of likely N-dealkylation sites (tertiary alicyclic amines) is 1. The van der Waals surface area contributed by atoms with Crippen molar-refractivity contribution in [2.24, 2.45) is 0 Å². The van der Waals surface area contributed by atoms with E-state index >= 15 is 0 Å². The predicted octanol–water partition coefficient (Wildman–Crippen LogP) is 3.80. The second-order valence-corrected chi connectivity index (χ2v) is 13.3. The fraction of sp³-hybridized carbons (Fsp3) is 0.333. The SMILES string of the molecule is Cl.O=C(Nc1c(O)cccc1C(=O)Nc1ccc(Cl)cn1)c1ccc(C2CCCN(CCN3CCS(=O)(=O)CC3)C2=O)cc1. The first kappa shape index (κ1) is 33.2. The van der Waals surface area contributed by atoms with E-state index in [-0.39, 0.29) is 64.1 Å². The topological polar surface area (TPSA) is 149 Å². The lowest BCUT2D eigenvalue weighted by molar-refractivity contribution is -0.135. The molecule has 2 fully saturated rings. The number of aromatic nitrogens is 1. The molecule has 0 radical (unpaired) electrons. The smallest absolute Gasteiger partial charge is 0.259 e. The van der Waals surface area contributed by atoms with E-state index in [4.69, 9.17) is 11.6 Å². The molecule has 0 bridgehead atoms. The van der Waals surface area contributed by atoms with Crippen LogP contribution in [-0.2, 0) is 14.6 Å². The summed E-state index contributed by atoms with van der Waals surface area (Å²) in [6.07, 6.45) is 2.93. The quantitative estimate of drug-likeness (QED) is 0.309. The third-order valence-electron chi connectivity index (χ3n) is 7.72. The summed E-state index contributed by atoms with van der Waals surface area (Å²) in [6, 6.07) is 14.2. The summed E-state index contributed by atoms with van der Waals surface area (Å²) in [5.41, 5.74) is 1.08. The molecule has 2 aromatic carbocycles. The summed E-state index contributed by atoms with van der Waals surface area (Å²) in [7, 11) is -2.95. The van der Waals surface area contributed by atoms with Crippen molar-refractivity contribution in [1.29, 1.82) is 0 Å². The summed E-state index contributed by atoms with van der Waals surface area (Å²) >= 11 is 5.85. The van der Waals surface area contributed by atoms with Crippen LogP contribution in [0.25, 0.3) is 0 Å². The molecule has 3 N–H and O–H groups in total. The molecule has 1 aromatic heterocycles. The minimum absolute atomic E-state index is 0. The minimum Gasteiger partial charge on any atom is -0.506 e. The van der Waals surface area contributed by atoms with Gasteiger partial charge in [0.2, 0.25) is 5.91 Å². The normalized spacial score (nSPS) is 18.2. The van der Waals surface area contributed by atoms with E-state index < -0.39 is 21.7 Å². The number of carbonyl (C=O) groups excluding carboxylic acids is 3. The van der Waals surface area contributed by atoms with Gasteiger partial charge in [0.1, 0.15) is 11.6 Å². The predicted molar refractivity (Wildman–Crippen MR) is 171 cm³/mol. The molecule has 234 valence electrons. The maximum Gasteiger partial charge on any atom is 0.259 e. The van der Waals surface area contributed by atoms with E-state index in [1.54, 1.807) is 30.3 Å².